The first-order valence-corrected chi connectivity index (χ1v) is 10.6. The number of morpholine rings is 1. The number of para-hydroxylation sites is 1. The molecule has 1 aliphatic rings. The Labute approximate surface area is 165 Å². The summed E-state index contributed by atoms with van der Waals surface area (Å²) < 4.78 is 11.4. The fourth-order valence-electron chi connectivity index (χ4n) is 3.51. The summed E-state index contributed by atoms with van der Waals surface area (Å²) >= 11 is 0. The molecule has 154 valence electrons. The molecule has 1 heterocycles. The van der Waals surface area contributed by atoms with E-state index in [0.717, 1.165) is 57.1 Å². The third kappa shape index (κ3) is 8.18. The highest BCUT2D eigenvalue weighted by Crippen LogP contribution is 2.31. The average Bonchev–Trinajstić information content (AvgIpc) is 2.67. The predicted octanol–water partition coefficient (Wildman–Crippen LogP) is 3.17. The summed E-state index contributed by atoms with van der Waals surface area (Å²) in [4.78, 5) is 2.26. The molecule has 0 saturated carbocycles. The SMILES string of the molecule is CCCNCCCCCCOc1ccccc1C(C)(O)CN1CCOCC1. The van der Waals surface area contributed by atoms with Crippen LogP contribution in [0, 0.1) is 0 Å². The number of nitrogens with zero attached hydrogens (tertiary/aromatic N) is 1. The minimum absolute atomic E-state index is 0.599. The molecule has 1 unspecified atom stereocenters. The largest absolute Gasteiger partial charge is 0.493 e. The second-order valence-corrected chi connectivity index (χ2v) is 7.67. The lowest BCUT2D eigenvalue weighted by atomic mass is 9.94. The first-order chi connectivity index (χ1) is 13.1. The Balaban J connectivity index is 1.75. The van der Waals surface area contributed by atoms with Gasteiger partial charge in [0.15, 0.2) is 0 Å². The van der Waals surface area contributed by atoms with Gasteiger partial charge in [0.2, 0.25) is 0 Å². The lowest BCUT2D eigenvalue weighted by Gasteiger charge is -2.34. The van der Waals surface area contributed by atoms with E-state index in [1.54, 1.807) is 0 Å². The van der Waals surface area contributed by atoms with Crippen molar-refractivity contribution < 1.29 is 14.6 Å². The summed E-state index contributed by atoms with van der Waals surface area (Å²) in [5.41, 5.74) is -0.0564. The molecule has 0 amide bonds. The highest BCUT2D eigenvalue weighted by molar-refractivity contribution is 5.38. The zero-order valence-electron chi connectivity index (χ0n) is 17.2. The van der Waals surface area contributed by atoms with E-state index in [-0.39, 0.29) is 0 Å². The fraction of sp³-hybridized carbons (Fsp3) is 0.727. The van der Waals surface area contributed by atoms with Gasteiger partial charge < -0.3 is 19.9 Å². The van der Waals surface area contributed by atoms with Crippen LogP contribution in [0.2, 0.25) is 0 Å². The average molecular weight is 379 g/mol. The highest BCUT2D eigenvalue weighted by atomic mass is 16.5. The molecule has 1 saturated heterocycles. The van der Waals surface area contributed by atoms with Crippen molar-refractivity contribution in [3.63, 3.8) is 0 Å². The van der Waals surface area contributed by atoms with Gasteiger partial charge in [-0.2, -0.15) is 0 Å². The van der Waals surface area contributed by atoms with E-state index in [0.29, 0.717) is 13.2 Å². The minimum atomic E-state index is -0.932. The van der Waals surface area contributed by atoms with Gasteiger partial charge in [0.05, 0.1) is 19.8 Å². The number of hydrogen-bond acceptors (Lipinski definition) is 5. The lowest BCUT2D eigenvalue weighted by Crippen LogP contribution is -2.44. The second kappa shape index (κ2) is 12.3. The third-order valence-electron chi connectivity index (χ3n) is 5.03. The number of hydrogen-bond donors (Lipinski definition) is 2. The van der Waals surface area contributed by atoms with E-state index < -0.39 is 5.60 Å². The van der Waals surface area contributed by atoms with Crippen molar-refractivity contribution in [3.8, 4) is 5.75 Å². The fourth-order valence-corrected chi connectivity index (χ4v) is 3.51. The first-order valence-electron chi connectivity index (χ1n) is 10.6. The lowest BCUT2D eigenvalue weighted by molar-refractivity contribution is -0.0265. The number of benzene rings is 1. The van der Waals surface area contributed by atoms with Gasteiger partial charge in [0.25, 0.3) is 0 Å². The van der Waals surface area contributed by atoms with Crippen LogP contribution in [0.5, 0.6) is 5.75 Å². The maximum absolute atomic E-state index is 11.1. The van der Waals surface area contributed by atoms with Gasteiger partial charge in [-0.15, -0.1) is 0 Å². The van der Waals surface area contributed by atoms with Gasteiger partial charge in [-0.25, -0.2) is 0 Å². The third-order valence-corrected chi connectivity index (χ3v) is 5.03. The Morgan fingerprint density at radius 2 is 1.85 bits per heavy atom. The summed E-state index contributed by atoms with van der Waals surface area (Å²) in [6, 6.07) is 7.90. The Hall–Kier alpha value is -1.14. The zero-order valence-corrected chi connectivity index (χ0v) is 17.2. The normalized spacial score (nSPS) is 17.6. The van der Waals surface area contributed by atoms with Gasteiger partial charge in [0.1, 0.15) is 11.4 Å². The summed E-state index contributed by atoms with van der Waals surface area (Å²) in [6.07, 6.45) is 5.89. The van der Waals surface area contributed by atoms with Crippen LogP contribution in [0.15, 0.2) is 24.3 Å². The maximum atomic E-state index is 11.1. The van der Waals surface area contributed by atoms with E-state index >= 15 is 0 Å². The summed E-state index contributed by atoms with van der Waals surface area (Å²) in [6.45, 7) is 10.8. The van der Waals surface area contributed by atoms with E-state index in [2.05, 4.69) is 17.1 Å². The van der Waals surface area contributed by atoms with Crippen LogP contribution in [0.25, 0.3) is 0 Å². The Morgan fingerprint density at radius 1 is 1.11 bits per heavy atom. The molecule has 27 heavy (non-hydrogen) atoms. The Kier molecular flexibility index (Phi) is 10.1. The Morgan fingerprint density at radius 3 is 2.63 bits per heavy atom. The minimum Gasteiger partial charge on any atom is -0.493 e. The van der Waals surface area contributed by atoms with Gasteiger partial charge in [-0.1, -0.05) is 38.0 Å². The summed E-state index contributed by atoms with van der Waals surface area (Å²) in [7, 11) is 0. The van der Waals surface area contributed by atoms with Crippen molar-refractivity contribution >= 4 is 0 Å². The molecule has 5 nitrogen and oxygen atoms in total. The number of ether oxygens (including phenoxy) is 2. The topological polar surface area (TPSA) is 54.0 Å². The van der Waals surface area contributed by atoms with Gasteiger partial charge in [-0.3, -0.25) is 4.90 Å². The van der Waals surface area contributed by atoms with Crippen molar-refractivity contribution in [1.29, 1.82) is 0 Å². The molecule has 0 spiro atoms. The van der Waals surface area contributed by atoms with E-state index in [1.807, 2.05) is 31.2 Å². The van der Waals surface area contributed by atoms with E-state index in [4.69, 9.17) is 9.47 Å². The highest BCUT2D eigenvalue weighted by Gasteiger charge is 2.30. The first kappa shape index (κ1) is 22.2. The van der Waals surface area contributed by atoms with Crippen LogP contribution in [-0.4, -0.2) is 62.6 Å². The van der Waals surface area contributed by atoms with Crippen molar-refractivity contribution in [1.82, 2.24) is 10.2 Å². The molecule has 0 aromatic heterocycles. The van der Waals surface area contributed by atoms with Crippen LogP contribution >= 0.6 is 0 Å². The van der Waals surface area contributed by atoms with Gasteiger partial charge >= 0.3 is 0 Å². The molecule has 2 N–H and O–H groups in total. The molecular weight excluding hydrogens is 340 g/mol. The molecule has 0 radical (unpaired) electrons. The molecule has 1 aliphatic heterocycles. The molecule has 1 aromatic carbocycles. The standard InChI is InChI=1S/C22H38N2O3/c1-3-12-23-13-8-4-5-9-16-27-21-11-7-6-10-20(21)22(2,25)19-24-14-17-26-18-15-24/h6-7,10-11,23,25H,3-5,8-9,12-19H2,1-2H3. The van der Waals surface area contributed by atoms with Gasteiger partial charge in [0, 0.05) is 25.2 Å². The monoisotopic (exact) mass is 378 g/mol. The van der Waals surface area contributed by atoms with Gasteiger partial charge in [-0.05, 0) is 45.3 Å². The molecule has 1 fully saturated rings. The van der Waals surface area contributed by atoms with Crippen molar-refractivity contribution in [2.75, 3.05) is 52.5 Å². The molecule has 1 aromatic rings. The second-order valence-electron chi connectivity index (χ2n) is 7.67. The van der Waals surface area contributed by atoms with Crippen LogP contribution in [0.3, 0.4) is 0 Å². The van der Waals surface area contributed by atoms with Crippen LogP contribution in [0.4, 0.5) is 0 Å². The summed E-state index contributed by atoms with van der Waals surface area (Å²) in [5, 5.41) is 14.5. The van der Waals surface area contributed by atoms with E-state index in [1.165, 1.54) is 25.7 Å². The van der Waals surface area contributed by atoms with E-state index in [9.17, 15) is 5.11 Å². The van der Waals surface area contributed by atoms with Crippen molar-refractivity contribution in [2.45, 2.75) is 51.6 Å². The van der Waals surface area contributed by atoms with Crippen LogP contribution < -0.4 is 10.1 Å². The molecule has 0 aliphatic carbocycles. The molecule has 0 bridgehead atoms. The molecule has 1 atom stereocenters. The number of aliphatic hydroxyl groups is 1. The van der Waals surface area contributed by atoms with Crippen molar-refractivity contribution in [3.05, 3.63) is 29.8 Å². The maximum Gasteiger partial charge on any atom is 0.125 e. The quantitative estimate of drug-likeness (QED) is 0.517. The van der Waals surface area contributed by atoms with Crippen LogP contribution in [-0.2, 0) is 10.3 Å². The molecule has 2 rings (SSSR count). The molecular formula is C22H38N2O3. The molecule has 5 heteroatoms. The number of β-amino-alcohol motifs (C(OH)–C–C–N with tert-alkyl or cyclic N) is 1. The Bertz CT molecular complexity index is 516. The van der Waals surface area contributed by atoms with Crippen LogP contribution in [0.1, 0.15) is 51.5 Å². The summed E-state index contributed by atoms with van der Waals surface area (Å²) in [5.74, 6) is 0.806. The smallest absolute Gasteiger partial charge is 0.125 e. The zero-order chi connectivity index (χ0) is 19.4. The number of rotatable bonds is 13. The number of nitrogens with one attached hydrogen (secondary N) is 1. The predicted molar refractivity (Wildman–Crippen MR) is 110 cm³/mol. The number of unbranched alkanes of at least 4 members (excludes halogenated alkanes) is 3. The van der Waals surface area contributed by atoms with Crippen molar-refractivity contribution in [2.24, 2.45) is 0 Å².